The first kappa shape index (κ1) is 25.1. The van der Waals surface area contributed by atoms with Crippen LogP contribution in [0.4, 0.5) is 5.82 Å². The van der Waals surface area contributed by atoms with Gasteiger partial charge in [-0.25, -0.2) is 4.98 Å². The van der Waals surface area contributed by atoms with E-state index in [1.165, 1.54) is 0 Å². The lowest BCUT2D eigenvalue weighted by molar-refractivity contribution is 0.0824. The molecule has 0 bridgehead atoms. The number of rotatable bonds is 7. The number of aliphatic hydroxyl groups excluding tert-OH is 1. The van der Waals surface area contributed by atoms with Crippen LogP contribution in [0.15, 0.2) is 23.2 Å². The van der Waals surface area contributed by atoms with Crippen molar-refractivity contribution in [1.29, 1.82) is 0 Å². The predicted molar refractivity (Wildman–Crippen MR) is 135 cm³/mol. The van der Waals surface area contributed by atoms with Crippen molar-refractivity contribution in [3.63, 3.8) is 0 Å². The second-order valence-corrected chi connectivity index (χ2v) is 8.23. The molecule has 0 spiro atoms. The largest absolute Gasteiger partial charge is 0.393 e. The van der Waals surface area contributed by atoms with Gasteiger partial charge in [0.1, 0.15) is 5.82 Å². The van der Waals surface area contributed by atoms with Gasteiger partial charge in [0.15, 0.2) is 5.96 Å². The minimum Gasteiger partial charge on any atom is -0.393 e. The van der Waals surface area contributed by atoms with Gasteiger partial charge >= 0.3 is 0 Å². The van der Waals surface area contributed by atoms with Crippen molar-refractivity contribution in [3.8, 4) is 0 Å². The zero-order chi connectivity index (χ0) is 20.5. The number of aliphatic hydroxyl groups is 1. The Morgan fingerprint density at radius 3 is 2.57 bits per heavy atom. The van der Waals surface area contributed by atoms with Crippen LogP contribution < -0.4 is 15.5 Å². The molecule has 2 saturated heterocycles. The molecule has 1 aromatic rings. The maximum atomic E-state index is 9.61. The minimum absolute atomic E-state index is 0. The maximum Gasteiger partial charge on any atom is 0.191 e. The van der Waals surface area contributed by atoms with Crippen LogP contribution in [0.5, 0.6) is 0 Å². The Morgan fingerprint density at radius 1 is 1.17 bits per heavy atom. The van der Waals surface area contributed by atoms with Crippen molar-refractivity contribution >= 4 is 35.8 Å². The van der Waals surface area contributed by atoms with Gasteiger partial charge < -0.3 is 25.5 Å². The molecule has 170 valence electrons. The summed E-state index contributed by atoms with van der Waals surface area (Å²) in [6.07, 6.45) is 4.96. The highest BCUT2D eigenvalue weighted by molar-refractivity contribution is 14.0. The number of nitrogens with zero attached hydrogens (tertiary/aromatic N) is 4. The van der Waals surface area contributed by atoms with Gasteiger partial charge in [-0.1, -0.05) is 6.07 Å². The topological polar surface area (TPSA) is 76.0 Å². The number of hydrogen-bond donors (Lipinski definition) is 3. The van der Waals surface area contributed by atoms with Crippen molar-refractivity contribution in [1.82, 2.24) is 20.5 Å². The van der Waals surface area contributed by atoms with Crippen LogP contribution in [0.3, 0.4) is 0 Å². The van der Waals surface area contributed by atoms with Crippen LogP contribution in [0, 0.1) is 6.92 Å². The number of pyridine rings is 1. The maximum absolute atomic E-state index is 9.61. The normalized spacial score (nSPS) is 19.4. The molecular weight excluding hydrogens is 491 g/mol. The Bertz CT molecular complexity index is 642. The molecule has 7 nitrogen and oxygen atoms in total. The number of nitrogens with one attached hydrogen (secondary N) is 2. The molecule has 3 heterocycles. The first-order valence-corrected chi connectivity index (χ1v) is 11.3. The highest BCUT2D eigenvalue weighted by atomic mass is 127. The van der Waals surface area contributed by atoms with Crippen molar-refractivity contribution in [3.05, 3.63) is 23.9 Å². The molecule has 0 aliphatic carbocycles. The van der Waals surface area contributed by atoms with Crippen molar-refractivity contribution in [2.24, 2.45) is 4.99 Å². The van der Waals surface area contributed by atoms with E-state index in [1.807, 2.05) is 13.0 Å². The number of piperidine rings is 2. The van der Waals surface area contributed by atoms with E-state index in [1.54, 1.807) is 0 Å². The molecule has 2 aliphatic heterocycles. The van der Waals surface area contributed by atoms with Crippen molar-refractivity contribution < 1.29 is 5.11 Å². The number of guanidine groups is 1. The fourth-order valence-corrected chi connectivity index (χ4v) is 4.10. The lowest BCUT2D eigenvalue weighted by atomic mass is 10.1. The molecule has 30 heavy (non-hydrogen) atoms. The standard InChI is InChI=1S/C22H38N6O.HI/c1-3-23-22(24-12-5-13-27-14-10-20(29)11-15-27)26-19-8-16-28(17-9-19)21-7-4-6-18(2)25-21;/h4,6-7,19-20,29H,3,5,8-17H2,1-2H3,(H2,23,24,26);1H. The van der Waals surface area contributed by atoms with Gasteiger partial charge in [-0.05, 0) is 64.6 Å². The number of likely N-dealkylation sites (tertiary alicyclic amines) is 1. The van der Waals surface area contributed by atoms with Gasteiger partial charge in [-0.3, -0.25) is 4.99 Å². The third-order valence-electron chi connectivity index (χ3n) is 5.84. The SMILES string of the molecule is CCNC(=NCCCN1CCC(O)CC1)NC1CCN(c2cccc(C)n2)CC1.I. The summed E-state index contributed by atoms with van der Waals surface area (Å²) in [5.41, 5.74) is 1.07. The van der Waals surface area contributed by atoms with Crippen molar-refractivity contribution in [2.45, 2.75) is 58.1 Å². The Balaban J connectivity index is 0.00000320. The molecule has 3 rings (SSSR count). The fraction of sp³-hybridized carbons (Fsp3) is 0.727. The summed E-state index contributed by atoms with van der Waals surface area (Å²) < 4.78 is 0. The average molecular weight is 530 g/mol. The molecule has 1 aromatic heterocycles. The van der Waals surface area contributed by atoms with Crippen LogP contribution in [0.25, 0.3) is 0 Å². The minimum atomic E-state index is -0.0954. The number of anilines is 1. The highest BCUT2D eigenvalue weighted by Gasteiger charge is 2.21. The first-order valence-electron chi connectivity index (χ1n) is 11.3. The Kier molecular flexibility index (Phi) is 11.2. The molecule has 2 aliphatic rings. The first-order chi connectivity index (χ1) is 14.1. The second-order valence-electron chi connectivity index (χ2n) is 8.23. The van der Waals surface area contributed by atoms with Gasteiger partial charge in [0.25, 0.3) is 0 Å². The quantitative estimate of drug-likeness (QED) is 0.218. The third-order valence-corrected chi connectivity index (χ3v) is 5.84. The number of aromatic nitrogens is 1. The molecule has 0 saturated carbocycles. The third kappa shape index (κ3) is 8.19. The average Bonchev–Trinajstić information content (AvgIpc) is 2.73. The van der Waals surface area contributed by atoms with Crippen LogP contribution in [0.2, 0.25) is 0 Å². The lowest BCUT2D eigenvalue weighted by Gasteiger charge is -2.34. The molecule has 8 heteroatoms. The lowest BCUT2D eigenvalue weighted by Crippen LogP contribution is -2.49. The second kappa shape index (κ2) is 13.3. The van der Waals surface area contributed by atoms with Crippen molar-refractivity contribution in [2.75, 3.05) is 50.7 Å². The summed E-state index contributed by atoms with van der Waals surface area (Å²) in [6.45, 7) is 11.0. The highest BCUT2D eigenvalue weighted by Crippen LogP contribution is 2.18. The van der Waals surface area contributed by atoms with Gasteiger partial charge in [0.2, 0.25) is 0 Å². The summed E-state index contributed by atoms with van der Waals surface area (Å²) in [6, 6.07) is 6.70. The molecule has 2 fully saturated rings. The van der Waals surface area contributed by atoms with Crippen LogP contribution in [0.1, 0.15) is 44.7 Å². The Morgan fingerprint density at radius 2 is 1.90 bits per heavy atom. The van der Waals surface area contributed by atoms with Gasteiger partial charge in [-0.2, -0.15) is 0 Å². The Hall–Kier alpha value is -1.13. The molecule has 0 atom stereocenters. The number of hydrogen-bond acceptors (Lipinski definition) is 5. The van der Waals surface area contributed by atoms with Gasteiger partial charge in [0.05, 0.1) is 6.10 Å². The van der Waals surface area contributed by atoms with E-state index >= 15 is 0 Å². The summed E-state index contributed by atoms with van der Waals surface area (Å²) in [7, 11) is 0. The van der Waals surface area contributed by atoms with E-state index < -0.39 is 0 Å². The molecule has 3 N–H and O–H groups in total. The summed E-state index contributed by atoms with van der Waals surface area (Å²) in [5.74, 6) is 2.03. The Labute approximate surface area is 198 Å². The van der Waals surface area contributed by atoms with Crippen LogP contribution in [-0.2, 0) is 0 Å². The molecule has 0 aromatic carbocycles. The van der Waals surface area contributed by atoms with E-state index in [0.29, 0.717) is 6.04 Å². The summed E-state index contributed by atoms with van der Waals surface area (Å²) in [4.78, 5) is 14.3. The smallest absolute Gasteiger partial charge is 0.191 e. The van der Waals surface area contributed by atoms with Gasteiger partial charge in [-0.15, -0.1) is 24.0 Å². The van der Waals surface area contributed by atoms with E-state index in [4.69, 9.17) is 4.99 Å². The predicted octanol–water partition coefficient (Wildman–Crippen LogP) is 2.38. The summed E-state index contributed by atoms with van der Waals surface area (Å²) >= 11 is 0. The number of halogens is 1. The monoisotopic (exact) mass is 530 g/mol. The van der Waals surface area contributed by atoms with E-state index in [9.17, 15) is 5.11 Å². The molecular formula is C22H39IN6O. The zero-order valence-electron chi connectivity index (χ0n) is 18.5. The van der Waals surface area contributed by atoms with Crippen LogP contribution >= 0.6 is 24.0 Å². The molecule has 0 radical (unpaired) electrons. The van der Waals surface area contributed by atoms with E-state index in [2.05, 4.69) is 44.5 Å². The molecule has 0 unspecified atom stereocenters. The number of aryl methyl sites for hydroxylation is 1. The zero-order valence-corrected chi connectivity index (χ0v) is 20.8. The van der Waals surface area contributed by atoms with Gasteiger partial charge in [0, 0.05) is 51.0 Å². The van der Waals surface area contributed by atoms with Crippen LogP contribution in [-0.4, -0.2) is 78.9 Å². The van der Waals surface area contributed by atoms with E-state index in [-0.39, 0.29) is 30.1 Å². The molecule has 0 amide bonds. The fourth-order valence-electron chi connectivity index (χ4n) is 4.10. The van der Waals surface area contributed by atoms with E-state index in [0.717, 1.165) is 95.4 Å². The summed E-state index contributed by atoms with van der Waals surface area (Å²) in [5, 5.41) is 16.6. The number of aliphatic imine (C=N–C) groups is 1.